The Bertz CT molecular complexity index is 1390. The highest BCUT2D eigenvalue weighted by molar-refractivity contribution is 8.26. The molecule has 1 saturated heterocycles. The minimum absolute atomic E-state index is 0.191. The Balaban J connectivity index is 1.33. The molecule has 0 aliphatic carbocycles. The fourth-order valence-corrected chi connectivity index (χ4v) is 4.55. The average molecular weight is 550 g/mol. The van der Waals surface area contributed by atoms with Crippen molar-refractivity contribution in [3.8, 4) is 17.2 Å². The molecule has 0 atom stereocenters. The summed E-state index contributed by atoms with van der Waals surface area (Å²) in [7, 11) is 3.06. The number of amides is 3. The molecule has 2 N–H and O–H groups in total. The zero-order valence-electron chi connectivity index (χ0n) is 20.4. The van der Waals surface area contributed by atoms with Crippen LogP contribution in [0.5, 0.6) is 17.2 Å². The number of thioether (sulfide) groups is 1. The first kappa shape index (κ1) is 26.7. The van der Waals surface area contributed by atoms with Gasteiger partial charge in [0, 0.05) is 5.56 Å². The van der Waals surface area contributed by atoms with Gasteiger partial charge in [-0.3, -0.25) is 19.8 Å². The van der Waals surface area contributed by atoms with Crippen molar-refractivity contribution in [2.45, 2.75) is 0 Å². The van der Waals surface area contributed by atoms with Crippen LogP contribution in [-0.2, 0) is 9.59 Å². The Morgan fingerprint density at radius 3 is 2.32 bits per heavy atom. The van der Waals surface area contributed by atoms with Crippen molar-refractivity contribution < 1.29 is 28.6 Å². The normalized spacial score (nSPS) is 13.8. The Labute approximate surface area is 228 Å². The molecule has 0 spiro atoms. The number of anilines is 1. The molecule has 1 aliphatic rings. The molecule has 3 amide bonds. The molecule has 0 saturated carbocycles. The van der Waals surface area contributed by atoms with Gasteiger partial charge in [0.1, 0.15) is 17.2 Å². The SMILES string of the molecule is COc1ccc(C(=O)NN2C(=O)/C(=C\c3ccc(OCC(=O)Nc4ccccc4OC)cc3)SC2=S)cc1. The molecule has 4 rings (SSSR count). The third-order valence-electron chi connectivity index (χ3n) is 5.29. The van der Waals surface area contributed by atoms with Gasteiger partial charge in [-0.2, -0.15) is 5.01 Å². The summed E-state index contributed by atoms with van der Waals surface area (Å²) < 4.78 is 16.1. The second-order valence-corrected chi connectivity index (χ2v) is 9.47. The van der Waals surface area contributed by atoms with E-state index >= 15 is 0 Å². The number of methoxy groups -OCH3 is 2. The molecule has 3 aromatic rings. The van der Waals surface area contributed by atoms with Gasteiger partial charge in [-0.25, -0.2) is 0 Å². The summed E-state index contributed by atoms with van der Waals surface area (Å²) in [5.74, 6) is 0.408. The van der Waals surface area contributed by atoms with Gasteiger partial charge in [-0.15, -0.1) is 0 Å². The molecular weight excluding hydrogens is 526 g/mol. The maximum absolute atomic E-state index is 12.9. The number of hydrazine groups is 1. The van der Waals surface area contributed by atoms with Crippen molar-refractivity contribution in [1.82, 2.24) is 10.4 Å². The number of nitrogens with one attached hydrogen (secondary N) is 2. The summed E-state index contributed by atoms with van der Waals surface area (Å²) in [4.78, 5) is 38.0. The Morgan fingerprint density at radius 1 is 0.947 bits per heavy atom. The van der Waals surface area contributed by atoms with E-state index in [4.69, 9.17) is 26.4 Å². The Morgan fingerprint density at radius 2 is 1.63 bits per heavy atom. The third kappa shape index (κ3) is 6.50. The van der Waals surface area contributed by atoms with Crippen molar-refractivity contribution in [2.24, 2.45) is 0 Å². The van der Waals surface area contributed by atoms with Gasteiger partial charge >= 0.3 is 0 Å². The summed E-state index contributed by atoms with van der Waals surface area (Å²) in [6.07, 6.45) is 1.66. The molecule has 38 heavy (non-hydrogen) atoms. The first-order valence-electron chi connectivity index (χ1n) is 11.3. The third-order valence-corrected chi connectivity index (χ3v) is 6.59. The van der Waals surface area contributed by atoms with Crippen molar-refractivity contribution in [3.63, 3.8) is 0 Å². The molecule has 194 valence electrons. The van der Waals surface area contributed by atoms with Crippen LogP contribution in [0.1, 0.15) is 15.9 Å². The number of thiocarbonyl (C=S) groups is 1. The smallest absolute Gasteiger partial charge is 0.285 e. The number of benzene rings is 3. The number of para-hydroxylation sites is 2. The number of ether oxygens (including phenoxy) is 3. The summed E-state index contributed by atoms with van der Waals surface area (Å²) in [5.41, 5.74) is 4.17. The van der Waals surface area contributed by atoms with Crippen molar-refractivity contribution in [2.75, 3.05) is 26.1 Å². The average Bonchev–Trinajstić information content (AvgIpc) is 3.20. The standard InChI is InChI=1S/C27H23N3O6S2/c1-34-19-13-9-18(10-14-19)25(32)29-30-26(33)23(38-27(30)37)15-17-7-11-20(12-8-17)36-16-24(31)28-21-5-3-4-6-22(21)35-2/h3-15H,16H2,1-2H3,(H,28,31)(H,29,32)/b23-15+. The van der Waals surface area contributed by atoms with Gasteiger partial charge in [0.05, 0.1) is 24.8 Å². The summed E-state index contributed by atoms with van der Waals surface area (Å²) >= 11 is 6.37. The highest BCUT2D eigenvalue weighted by atomic mass is 32.2. The number of nitrogens with zero attached hydrogens (tertiary/aromatic N) is 1. The second kappa shape index (κ2) is 12.3. The van der Waals surface area contributed by atoms with E-state index in [0.717, 1.165) is 22.3 Å². The van der Waals surface area contributed by atoms with E-state index in [1.165, 1.54) is 14.2 Å². The molecule has 1 heterocycles. The first-order chi connectivity index (χ1) is 18.4. The lowest BCUT2D eigenvalue weighted by Gasteiger charge is -2.15. The molecular formula is C27H23N3O6S2. The van der Waals surface area contributed by atoms with Crippen LogP contribution in [0.4, 0.5) is 5.69 Å². The van der Waals surface area contributed by atoms with Crippen LogP contribution in [0.25, 0.3) is 6.08 Å². The van der Waals surface area contributed by atoms with Crippen LogP contribution < -0.4 is 25.0 Å². The van der Waals surface area contributed by atoms with E-state index in [1.54, 1.807) is 72.8 Å². The van der Waals surface area contributed by atoms with E-state index in [9.17, 15) is 14.4 Å². The van der Waals surface area contributed by atoms with Gasteiger partial charge in [0.2, 0.25) is 0 Å². The van der Waals surface area contributed by atoms with Gasteiger partial charge < -0.3 is 19.5 Å². The summed E-state index contributed by atoms with van der Waals surface area (Å²) in [6, 6.07) is 20.4. The number of rotatable bonds is 9. The van der Waals surface area contributed by atoms with Crippen LogP contribution in [0, 0.1) is 0 Å². The fourth-order valence-electron chi connectivity index (χ4n) is 3.37. The Hall–Kier alpha value is -4.35. The molecule has 0 aromatic heterocycles. The summed E-state index contributed by atoms with van der Waals surface area (Å²) in [6.45, 7) is -0.191. The van der Waals surface area contributed by atoms with E-state index in [1.807, 2.05) is 6.07 Å². The molecule has 3 aromatic carbocycles. The molecule has 0 unspecified atom stereocenters. The second-order valence-electron chi connectivity index (χ2n) is 7.79. The van der Waals surface area contributed by atoms with Gasteiger partial charge in [0.15, 0.2) is 10.9 Å². The van der Waals surface area contributed by atoms with E-state index in [2.05, 4.69) is 10.7 Å². The van der Waals surface area contributed by atoms with Gasteiger partial charge in [0.25, 0.3) is 17.7 Å². The monoisotopic (exact) mass is 549 g/mol. The lowest BCUT2D eigenvalue weighted by Crippen LogP contribution is -2.44. The predicted octanol–water partition coefficient (Wildman–Crippen LogP) is 4.27. The molecule has 9 nitrogen and oxygen atoms in total. The summed E-state index contributed by atoms with van der Waals surface area (Å²) in [5, 5.41) is 3.79. The minimum Gasteiger partial charge on any atom is -0.497 e. The van der Waals surface area contributed by atoms with Crippen LogP contribution in [0.2, 0.25) is 0 Å². The molecule has 11 heteroatoms. The molecule has 1 aliphatic heterocycles. The number of hydrogen-bond donors (Lipinski definition) is 2. The number of carbonyl (C=O) groups excluding carboxylic acids is 3. The van der Waals surface area contributed by atoms with E-state index < -0.39 is 11.8 Å². The highest BCUT2D eigenvalue weighted by Crippen LogP contribution is 2.32. The topological polar surface area (TPSA) is 106 Å². The molecule has 1 fully saturated rings. The van der Waals surface area contributed by atoms with Crippen LogP contribution in [0.15, 0.2) is 77.7 Å². The van der Waals surface area contributed by atoms with E-state index in [-0.39, 0.29) is 16.8 Å². The fraction of sp³-hybridized carbons (Fsp3) is 0.111. The molecule has 0 radical (unpaired) electrons. The largest absolute Gasteiger partial charge is 0.497 e. The Kier molecular flexibility index (Phi) is 8.62. The minimum atomic E-state index is -0.471. The van der Waals surface area contributed by atoms with Crippen LogP contribution in [-0.4, -0.2) is 47.9 Å². The van der Waals surface area contributed by atoms with Crippen LogP contribution >= 0.6 is 24.0 Å². The van der Waals surface area contributed by atoms with E-state index in [0.29, 0.717) is 33.4 Å². The lowest BCUT2D eigenvalue weighted by atomic mass is 10.2. The lowest BCUT2D eigenvalue weighted by molar-refractivity contribution is -0.123. The maximum atomic E-state index is 12.9. The van der Waals surface area contributed by atoms with Crippen molar-refractivity contribution in [3.05, 3.63) is 88.8 Å². The zero-order valence-corrected chi connectivity index (χ0v) is 22.1. The zero-order chi connectivity index (χ0) is 27.1. The van der Waals surface area contributed by atoms with Crippen molar-refractivity contribution in [1.29, 1.82) is 0 Å². The van der Waals surface area contributed by atoms with Gasteiger partial charge in [-0.1, -0.05) is 36.0 Å². The quantitative estimate of drug-likeness (QED) is 0.301. The predicted molar refractivity (Wildman–Crippen MR) is 149 cm³/mol. The highest BCUT2D eigenvalue weighted by Gasteiger charge is 2.33. The van der Waals surface area contributed by atoms with Gasteiger partial charge in [-0.05, 0) is 72.4 Å². The molecule has 0 bridgehead atoms. The first-order valence-corrected chi connectivity index (χ1v) is 12.5. The number of hydrogen-bond acceptors (Lipinski definition) is 8. The maximum Gasteiger partial charge on any atom is 0.285 e. The number of carbonyl (C=O) groups is 3. The van der Waals surface area contributed by atoms with Crippen molar-refractivity contribution >= 4 is 57.8 Å². The van der Waals surface area contributed by atoms with Crippen LogP contribution in [0.3, 0.4) is 0 Å².